The number of hydrogen-bond acceptors (Lipinski definition) is 5. The van der Waals surface area contributed by atoms with E-state index in [1.54, 1.807) is 0 Å². The van der Waals surface area contributed by atoms with Gasteiger partial charge in [-0.05, 0) is 44.2 Å². The molecule has 1 heterocycles. The molecule has 0 aromatic carbocycles. The zero-order chi connectivity index (χ0) is 18.9. The lowest BCUT2D eigenvalue weighted by Crippen LogP contribution is -2.39. The number of aliphatic hydroxyl groups excluding tert-OH is 1. The average molecular weight is 354 g/mol. The number of aliphatic hydroxyl groups is 1. The maximum absolute atomic E-state index is 11.8. The molecule has 0 fully saturated rings. The summed E-state index contributed by atoms with van der Waals surface area (Å²) in [5.41, 5.74) is -0.0956. The Morgan fingerprint density at radius 3 is 1.80 bits per heavy atom. The van der Waals surface area contributed by atoms with Crippen LogP contribution in [0.25, 0.3) is 0 Å². The standard InChI is InChI=1S/C19H35N3O3/c1-15(2)20-11-7-19(10-14-23,8-12-21-16(3)4)9-13-22-17(24)5-6-18(22)25/h5-6,15-16,20-21,23H,7-14H2,1-4H3. The number of rotatable bonds is 13. The number of nitrogens with zero attached hydrogens (tertiary/aromatic N) is 1. The average Bonchev–Trinajstić information content (AvgIpc) is 2.83. The van der Waals surface area contributed by atoms with Crippen molar-refractivity contribution < 1.29 is 14.7 Å². The van der Waals surface area contributed by atoms with E-state index in [1.165, 1.54) is 17.1 Å². The second kappa shape index (κ2) is 10.7. The van der Waals surface area contributed by atoms with E-state index in [1.807, 2.05) is 0 Å². The van der Waals surface area contributed by atoms with E-state index in [-0.39, 0.29) is 23.8 Å². The van der Waals surface area contributed by atoms with Gasteiger partial charge < -0.3 is 15.7 Å². The number of carbonyl (C=O) groups excluding carboxylic acids is 2. The predicted octanol–water partition coefficient (Wildman–Crippen LogP) is 1.45. The van der Waals surface area contributed by atoms with Crippen molar-refractivity contribution >= 4 is 11.8 Å². The molecule has 0 radical (unpaired) electrons. The van der Waals surface area contributed by atoms with Crippen molar-refractivity contribution in [3.8, 4) is 0 Å². The first kappa shape index (κ1) is 21.8. The van der Waals surface area contributed by atoms with Crippen LogP contribution in [0.5, 0.6) is 0 Å². The maximum Gasteiger partial charge on any atom is 0.253 e. The van der Waals surface area contributed by atoms with Crippen LogP contribution in [0.3, 0.4) is 0 Å². The van der Waals surface area contributed by atoms with Crippen LogP contribution in [0, 0.1) is 5.41 Å². The molecular weight excluding hydrogens is 318 g/mol. The van der Waals surface area contributed by atoms with Crippen molar-refractivity contribution in [2.45, 2.75) is 65.5 Å². The molecule has 0 aromatic heterocycles. The first-order valence-corrected chi connectivity index (χ1v) is 9.41. The molecule has 6 nitrogen and oxygen atoms in total. The number of imide groups is 1. The third-order valence-corrected chi connectivity index (χ3v) is 4.82. The molecule has 1 aliphatic heterocycles. The zero-order valence-corrected chi connectivity index (χ0v) is 16.2. The Bertz CT molecular complexity index is 429. The second-order valence-electron chi connectivity index (χ2n) is 7.60. The summed E-state index contributed by atoms with van der Waals surface area (Å²) in [6.45, 7) is 10.7. The van der Waals surface area contributed by atoms with Crippen LogP contribution in [0.1, 0.15) is 53.4 Å². The van der Waals surface area contributed by atoms with Crippen molar-refractivity contribution in [1.82, 2.24) is 15.5 Å². The third kappa shape index (κ3) is 7.67. The Labute approximate surface area is 152 Å². The van der Waals surface area contributed by atoms with E-state index in [9.17, 15) is 14.7 Å². The lowest BCUT2D eigenvalue weighted by molar-refractivity contribution is -0.137. The minimum absolute atomic E-state index is 0.0956. The van der Waals surface area contributed by atoms with Gasteiger partial charge in [0.2, 0.25) is 0 Å². The fourth-order valence-electron chi connectivity index (χ4n) is 3.24. The van der Waals surface area contributed by atoms with Gasteiger partial charge in [0.1, 0.15) is 0 Å². The number of carbonyl (C=O) groups is 2. The quantitative estimate of drug-likeness (QED) is 0.437. The summed E-state index contributed by atoms with van der Waals surface area (Å²) >= 11 is 0. The van der Waals surface area contributed by atoms with Gasteiger partial charge in [0, 0.05) is 37.4 Å². The summed E-state index contributed by atoms with van der Waals surface area (Å²) in [6.07, 6.45) is 5.88. The van der Waals surface area contributed by atoms with Gasteiger partial charge in [-0.1, -0.05) is 27.7 Å². The lowest BCUT2D eigenvalue weighted by atomic mass is 9.75. The van der Waals surface area contributed by atoms with E-state index >= 15 is 0 Å². The molecule has 1 rings (SSSR count). The summed E-state index contributed by atoms with van der Waals surface area (Å²) in [4.78, 5) is 24.9. The molecule has 0 atom stereocenters. The van der Waals surface area contributed by atoms with Crippen LogP contribution >= 0.6 is 0 Å². The van der Waals surface area contributed by atoms with Crippen LogP contribution in [-0.2, 0) is 9.59 Å². The Morgan fingerprint density at radius 2 is 1.40 bits per heavy atom. The number of nitrogens with one attached hydrogen (secondary N) is 2. The Balaban J connectivity index is 2.73. The molecule has 0 saturated carbocycles. The maximum atomic E-state index is 11.8. The van der Waals surface area contributed by atoms with Crippen LogP contribution in [0.4, 0.5) is 0 Å². The van der Waals surface area contributed by atoms with Crippen LogP contribution in [0.2, 0.25) is 0 Å². The first-order chi connectivity index (χ1) is 11.8. The molecule has 6 heteroatoms. The first-order valence-electron chi connectivity index (χ1n) is 9.41. The zero-order valence-electron chi connectivity index (χ0n) is 16.2. The van der Waals surface area contributed by atoms with Crippen LogP contribution in [0.15, 0.2) is 12.2 Å². The Kier molecular flexibility index (Phi) is 9.32. The molecule has 2 amide bonds. The molecule has 1 aliphatic rings. The molecule has 0 bridgehead atoms. The van der Waals surface area contributed by atoms with Gasteiger partial charge in [-0.25, -0.2) is 0 Å². The van der Waals surface area contributed by atoms with Crippen LogP contribution < -0.4 is 10.6 Å². The smallest absolute Gasteiger partial charge is 0.253 e. The highest BCUT2D eigenvalue weighted by Gasteiger charge is 2.32. The lowest BCUT2D eigenvalue weighted by Gasteiger charge is -2.35. The molecule has 25 heavy (non-hydrogen) atoms. The molecule has 144 valence electrons. The SMILES string of the molecule is CC(C)NCCC(CCO)(CCNC(C)C)CCN1C(=O)C=CC1=O. The van der Waals surface area contributed by atoms with E-state index in [2.05, 4.69) is 38.3 Å². The second-order valence-corrected chi connectivity index (χ2v) is 7.60. The van der Waals surface area contributed by atoms with Gasteiger partial charge in [0.05, 0.1) is 0 Å². The normalized spacial score (nSPS) is 15.2. The molecule has 0 saturated heterocycles. The van der Waals surface area contributed by atoms with Crippen molar-refractivity contribution in [1.29, 1.82) is 0 Å². The van der Waals surface area contributed by atoms with Gasteiger partial charge in [0.25, 0.3) is 11.8 Å². The molecule has 0 aromatic rings. The highest BCUT2D eigenvalue weighted by atomic mass is 16.3. The van der Waals surface area contributed by atoms with Gasteiger partial charge in [-0.3, -0.25) is 14.5 Å². The minimum atomic E-state index is -0.233. The minimum Gasteiger partial charge on any atom is -0.396 e. The van der Waals surface area contributed by atoms with Crippen molar-refractivity contribution in [2.24, 2.45) is 5.41 Å². The van der Waals surface area contributed by atoms with Crippen molar-refractivity contribution in [3.63, 3.8) is 0 Å². The van der Waals surface area contributed by atoms with Gasteiger partial charge in [-0.2, -0.15) is 0 Å². The van der Waals surface area contributed by atoms with Crippen LogP contribution in [-0.4, -0.2) is 60.1 Å². The third-order valence-electron chi connectivity index (χ3n) is 4.82. The largest absolute Gasteiger partial charge is 0.396 e. The Hall–Kier alpha value is -1.24. The van der Waals surface area contributed by atoms with Gasteiger partial charge in [0.15, 0.2) is 0 Å². The highest BCUT2D eigenvalue weighted by Crippen LogP contribution is 2.35. The summed E-state index contributed by atoms with van der Waals surface area (Å²) in [6, 6.07) is 0.818. The monoisotopic (exact) mass is 353 g/mol. The Morgan fingerprint density at radius 1 is 0.920 bits per heavy atom. The molecule has 0 spiro atoms. The van der Waals surface area contributed by atoms with Gasteiger partial charge in [-0.15, -0.1) is 0 Å². The van der Waals surface area contributed by atoms with E-state index in [0.717, 1.165) is 25.9 Å². The van der Waals surface area contributed by atoms with E-state index in [0.29, 0.717) is 31.5 Å². The fraction of sp³-hybridized carbons (Fsp3) is 0.789. The van der Waals surface area contributed by atoms with E-state index < -0.39 is 0 Å². The molecule has 0 unspecified atom stereocenters. The predicted molar refractivity (Wildman–Crippen MR) is 100 cm³/mol. The summed E-state index contributed by atoms with van der Waals surface area (Å²) < 4.78 is 0. The highest BCUT2D eigenvalue weighted by molar-refractivity contribution is 6.12. The van der Waals surface area contributed by atoms with Gasteiger partial charge >= 0.3 is 0 Å². The number of hydrogen-bond donors (Lipinski definition) is 3. The molecule has 3 N–H and O–H groups in total. The molecular formula is C19H35N3O3. The summed E-state index contributed by atoms with van der Waals surface area (Å²) in [7, 11) is 0. The summed E-state index contributed by atoms with van der Waals surface area (Å²) in [5, 5.41) is 16.5. The molecule has 0 aliphatic carbocycles. The number of amides is 2. The topological polar surface area (TPSA) is 81.7 Å². The van der Waals surface area contributed by atoms with E-state index in [4.69, 9.17) is 0 Å². The fourth-order valence-corrected chi connectivity index (χ4v) is 3.24. The van der Waals surface area contributed by atoms with Crippen molar-refractivity contribution in [3.05, 3.63) is 12.2 Å². The van der Waals surface area contributed by atoms with Crippen molar-refractivity contribution in [2.75, 3.05) is 26.2 Å². The summed E-state index contributed by atoms with van der Waals surface area (Å²) in [5.74, 6) is -0.466.